The SMILES string of the molecule is Cc1oc(=O)oc1COC(=O)c1ccc2c3nc(N4CCC[C@@H](N)C4)n(Cc4ccccc4Cl)c3c(=O)n(C)c2c1. The van der Waals surface area contributed by atoms with Crippen molar-refractivity contribution in [1.82, 2.24) is 14.1 Å². The molecule has 0 saturated carbocycles. The second-order valence-electron chi connectivity index (χ2n) is 10.2. The summed E-state index contributed by atoms with van der Waals surface area (Å²) in [6, 6.07) is 12.5. The highest BCUT2D eigenvalue weighted by molar-refractivity contribution is 6.31. The van der Waals surface area contributed by atoms with E-state index in [0.29, 0.717) is 46.0 Å². The summed E-state index contributed by atoms with van der Waals surface area (Å²) in [4.78, 5) is 45.1. The molecule has 0 amide bonds. The normalized spacial score (nSPS) is 15.6. The highest BCUT2D eigenvalue weighted by Crippen LogP contribution is 2.31. The third-order valence-electron chi connectivity index (χ3n) is 7.50. The Balaban J connectivity index is 1.46. The fraction of sp³-hybridized carbons (Fsp3) is 0.310. The number of anilines is 1. The quantitative estimate of drug-likeness (QED) is 0.299. The highest BCUT2D eigenvalue weighted by Gasteiger charge is 2.26. The van der Waals surface area contributed by atoms with Crippen LogP contribution in [0.5, 0.6) is 0 Å². The number of hydrogen-bond acceptors (Lipinski definition) is 9. The maximum absolute atomic E-state index is 13.9. The lowest BCUT2D eigenvalue weighted by molar-refractivity contribution is 0.0443. The van der Waals surface area contributed by atoms with Gasteiger partial charge in [0.25, 0.3) is 5.56 Å². The van der Waals surface area contributed by atoms with Crippen molar-refractivity contribution in [2.75, 3.05) is 18.0 Å². The Morgan fingerprint density at radius 2 is 2.00 bits per heavy atom. The molecule has 212 valence electrons. The summed E-state index contributed by atoms with van der Waals surface area (Å²) in [5.41, 5.74) is 8.62. The second-order valence-corrected chi connectivity index (χ2v) is 10.6. The van der Waals surface area contributed by atoms with E-state index in [4.69, 9.17) is 35.9 Å². The molecule has 0 aliphatic carbocycles. The van der Waals surface area contributed by atoms with E-state index in [1.807, 2.05) is 28.8 Å². The van der Waals surface area contributed by atoms with Gasteiger partial charge in [-0.3, -0.25) is 4.79 Å². The van der Waals surface area contributed by atoms with Crippen LogP contribution in [0.15, 0.2) is 60.9 Å². The van der Waals surface area contributed by atoms with Gasteiger partial charge in [-0.2, -0.15) is 0 Å². The van der Waals surface area contributed by atoms with Crippen molar-refractivity contribution in [2.45, 2.75) is 39.0 Å². The fourth-order valence-electron chi connectivity index (χ4n) is 5.35. The molecule has 1 fully saturated rings. The Morgan fingerprint density at radius 1 is 1.20 bits per heavy atom. The Labute approximate surface area is 238 Å². The molecule has 5 aromatic rings. The summed E-state index contributed by atoms with van der Waals surface area (Å²) in [6.07, 6.45) is 1.85. The molecule has 12 heteroatoms. The number of imidazole rings is 1. The minimum atomic E-state index is -0.863. The summed E-state index contributed by atoms with van der Waals surface area (Å²) < 4.78 is 18.5. The van der Waals surface area contributed by atoms with Gasteiger partial charge in [-0.15, -0.1) is 0 Å². The van der Waals surface area contributed by atoms with Crippen LogP contribution in [-0.4, -0.2) is 39.2 Å². The van der Waals surface area contributed by atoms with E-state index in [-0.39, 0.29) is 35.3 Å². The van der Waals surface area contributed by atoms with E-state index in [0.717, 1.165) is 24.9 Å². The van der Waals surface area contributed by atoms with Crippen LogP contribution in [0, 0.1) is 6.92 Å². The van der Waals surface area contributed by atoms with Gasteiger partial charge < -0.3 is 33.3 Å². The molecular formula is C29H28ClN5O6. The number of rotatable bonds is 6. The number of pyridine rings is 1. The summed E-state index contributed by atoms with van der Waals surface area (Å²) in [6.45, 7) is 3.02. The number of carbonyl (C=O) groups is 1. The van der Waals surface area contributed by atoms with Gasteiger partial charge in [-0.1, -0.05) is 29.8 Å². The highest BCUT2D eigenvalue weighted by atomic mass is 35.5. The van der Waals surface area contributed by atoms with Gasteiger partial charge in [0.2, 0.25) is 5.95 Å². The first-order chi connectivity index (χ1) is 19.7. The average molecular weight is 578 g/mol. The summed E-state index contributed by atoms with van der Waals surface area (Å²) >= 11 is 6.52. The lowest BCUT2D eigenvalue weighted by Gasteiger charge is -2.32. The van der Waals surface area contributed by atoms with Crippen LogP contribution in [0.3, 0.4) is 0 Å². The molecule has 11 nitrogen and oxygen atoms in total. The predicted octanol–water partition coefficient (Wildman–Crippen LogP) is 3.73. The molecule has 2 N–H and O–H groups in total. The monoisotopic (exact) mass is 577 g/mol. The molecule has 6 rings (SSSR count). The number of ether oxygens (including phenoxy) is 1. The molecular weight excluding hydrogens is 550 g/mol. The molecule has 41 heavy (non-hydrogen) atoms. The van der Waals surface area contributed by atoms with E-state index >= 15 is 0 Å². The fourth-order valence-corrected chi connectivity index (χ4v) is 5.55. The predicted molar refractivity (Wildman–Crippen MR) is 154 cm³/mol. The van der Waals surface area contributed by atoms with E-state index in [1.54, 1.807) is 32.2 Å². The van der Waals surface area contributed by atoms with Crippen LogP contribution in [-0.2, 0) is 24.9 Å². The number of carbonyl (C=O) groups excluding carboxylic acids is 1. The number of esters is 1. The van der Waals surface area contributed by atoms with Gasteiger partial charge in [0.1, 0.15) is 11.0 Å². The number of halogens is 1. The van der Waals surface area contributed by atoms with Crippen molar-refractivity contribution in [3.8, 4) is 0 Å². The molecule has 1 atom stereocenters. The number of benzene rings is 2. The molecule has 0 radical (unpaired) electrons. The van der Waals surface area contributed by atoms with Crippen molar-refractivity contribution in [3.63, 3.8) is 0 Å². The van der Waals surface area contributed by atoms with E-state index < -0.39 is 11.8 Å². The van der Waals surface area contributed by atoms with E-state index in [2.05, 4.69) is 4.90 Å². The smallest absolute Gasteiger partial charge is 0.454 e. The van der Waals surface area contributed by atoms with Gasteiger partial charge in [0, 0.05) is 36.6 Å². The van der Waals surface area contributed by atoms with Crippen LogP contribution in [0.4, 0.5) is 5.95 Å². The second kappa shape index (κ2) is 10.6. The summed E-state index contributed by atoms with van der Waals surface area (Å²) in [7, 11) is 1.66. The van der Waals surface area contributed by atoms with Crippen LogP contribution >= 0.6 is 11.6 Å². The number of hydrogen-bond donors (Lipinski definition) is 1. The topological polar surface area (TPSA) is 139 Å². The average Bonchev–Trinajstić information content (AvgIpc) is 3.50. The van der Waals surface area contributed by atoms with E-state index in [1.165, 1.54) is 4.57 Å². The third-order valence-corrected chi connectivity index (χ3v) is 7.87. The zero-order chi connectivity index (χ0) is 28.8. The van der Waals surface area contributed by atoms with Gasteiger partial charge in [-0.05, 0) is 49.6 Å². The Bertz CT molecular complexity index is 1920. The zero-order valence-electron chi connectivity index (χ0n) is 22.6. The summed E-state index contributed by atoms with van der Waals surface area (Å²) in [5, 5.41) is 1.30. The number of aromatic nitrogens is 3. The molecule has 4 heterocycles. The van der Waals surface area contributed by atoms with Gasteiger partial charge in [0.15, 0.2) is 18.1 Å². The Hall–Kier alpha value is -4.35. The molecule has 1 aliphatic heterocycles. The van der Waals surface area contributed by atoms with E-state index in [9.17, 15) is 14.4 Å². The van der Waals surface area contributed by atoms with Gasteiger partial charge in [-0.25, -0.2) is 14.6 Å². The number of fused-ring (bicyclic) bond motifs is 3. The zero-order valence-corrected chi connectivity index (χ0v) is 23.3. The molecule has 0 bridgehead atoms. The van der Waals surface area contributed by atoms with Gasteiger partial charge >= 0.3 is 11.8 Å². The minimum Gasteiger partial charge on any atom is -0.454 e. The first-order valence-electron chi connectivity index (χ1n) is 13.2. The third kappa shape index (κ3) is 4.91. The molecule has 3 aromatic heterocycles. The molecule has 1 saturated heterocycles. The molecule has 0 unspecified atom stereocenters. The van der Waals surface area contributed by atoms with Gasteiger partial charge in [0.05, 0.1) is 17.6 Å². The number of piperidine rings is 1. The lowest BCUT2D eigenvalue weighted by atomic mass is 10.1. The van der Waals surface area contributed by atoms with Crippen LogP contribution < -0.4 is 22.0 Å². The molecule has 2 aromatic carbocycles. The maximum atomic E-state index is 13.9. The van der Waals surface area contributed by atoms with Crippen molar-refractivity contribution in [3.05, 3.63) is 91.1 Å². The minimum absolute atomic E-state index is 0.00402. The van der Waals surface area contributed by atoms with Crippen molar-refractivity contribution in [1.29, 1.82) is 0 Å². The Kier molecular flexibility index (Phi) is 6.92. The standard InChI is InChI=1S/C29H28ClN5O6/c1-16-23(41-29(38)40-16)15-39-27(37)17-9-10-20-22(12-17)33(2)26(36)25-24(20)32-28(34-11-5-7-19(31)14-34)35(25)13-18-6-3-4-8-21(18)30/h3-4,6,8-10,12,19H,5,7,11,13-15,31H2,1-2H3/t19-/m1/s1. The largest absolute Gasteiger partial charge is 0.519 e. The number of nitrogens with zero attached hydrogens (tertiary/aromatic N) is 4. The molecule has 0 spiro atoms. The maximum Gasteiger partial charge on any atom is 0.519 e. The summed E-state index contributed by atoms with van der Waals surface area (Å²) in [5.74, 6) is -0.482. The van der Waals surface area contributed by atoms with Crippen molar-refractivity contribution >= 4 is 45.5 Å². The lowest BCUT2D eigenvalue weighted by Crippen LogP contribution is -2.44. The first kappa shape index (κ1) is 26.9. The van der Waals surface area contributed by atoms with Crippen molar-refractivity contribution in [2.24, 2.45) is 12.8 Å². The van der Waals surface area contributed by atoms with Crippen molar-refractivity contribution < 1.29 is 18.4 Å². The molecule has 1 aliphatic rings. The number of nitrogens with two attached hydrogens (primary N) is 1. The van der Waals surface area contributed by atoms with Crippen LogP contribution in [0.2, 0.25) is 5.02 Å². The van der Waals surface area contributed by atoms with Crippen LogP contribution in [0.25, 0.3) is 21.9 Å². The first-order valence-corrected chi connectivity index (χ1v) is 13.6. The Morgan fingerprint density at radius 3 is 2.73 bits per heavy atom. The number of aryl methyl sites for hydroxylation is 2. The van der Waals surface area contributed by atoms with Crippen LogP contribution in [0.1, 0.15) is 40.3 Å².